The molecule has 2 saturated heterocycles. The van der Waals surface area contributed by atoms with Gasteiger partial charge in [-0.3, -0.25) is 0 Å². The molecule has 0 atom stereocenters. The van der Waals surface area contributed by atoms with Crippen LogP contribution in [0, 0.1) is 0 Å². The predicted molar refractivity (Wildman–Crippen MR) is 78.8 cm³/mol. The molecule has 0 N–H and O–H groups in total. The topological polar surface area (TPSA) is 34.2 Å². The smallest absolute Gasteiger partial charge is 0.248 e. The normalized spacial score (nSPS) is 22.1. The minimum absolute atomic E-state index is 0.767. The molecular weight excluding hydrogens is 275 g/mol. The Balaban J connectivity index is 1.71. The summed E-state index contributed by atoms with van der Waals surface area (Å²) < 4.78 is 22.0. The highest BCUT2D eigenvalue weighted by molar-refractivity contribution is 7.47. The first kappa shape index (κ1) is 14.2. The molecule has 6 heteroatoms. The lowest BCUT2D eigenvalue weighted by Gasteiger charge is -2.40. The van der Waals surface area contributed by atoms with Crippen LogP contribution in [0.25, 0.3) is 0 Å². The molecule has 5 nitrogen and oxygen atoms in total. The molecule has 0 unspecified atom stereocenters. The van der Waals surface area contributed by atoms with E-state index in [4.69, 9.17) is 14.0 Å². The zero-order chi connectivity index (χ0) is 13.6. The third-order valence-electron chi connectivity index (χ3n) is 3.39. The maximum atomic E-state index is 6.30. The second kappa shape index (κ2) is 7.34. The van der Waals surface area contributed by atoms with Crippen molar-refractivity contribution in [3.8, 4) is 5.75 Å². The van der Waals surface area contributed by atoms with E-state index in [9.17, 15) is 0 Å². The molecule has 3 rings (SSSR count). The predicted octanol–water partition coefficient (Wildman–Crippen LogP) is 1.96. The first-order chi connectivity index (χ1) is 9.93. The van der Waals surface area contributed by atoms with Gasteiger partial charge in [-0.1, -0.05) is 18.2 Å². The molecule has 0 bridgehead atoms. The summed E-state index contributed by atoms with van der Waals surface area (Å²) in [5, 5.41) is 0. The lowest BCUT2D eigenvalue weighted by molar-refractivity contribution is 0.0527. The van der Waals surface area contributed by atoms with Gasteiger partial charge in [-0.15, -0.1) is 0 Å². The van der Waals surface area contributed by atoms with Crippen LogP contribution in [0.4, 0.5) is 0 Å². The quantitative estimate of drug-likeness (QED) is 0.794. The molecule has 1 aromatic rings. The molecule has 0 aromatic heterocycles. The minimum Gasteiger partial charge on any atom is -0.444 e. The Morgan fingerprint density at radius 2 is 1.30 bits per heavy atom. The number of rotatable bonds is 4. The van der Waals surface area contributed by atoms with E-state index < -0.39 is 8.45 Å². The van der Waals surface area contributed by atoms with Crippen molar-refractivity contribution in [3.05, 3.63) is 30.3 Å². The molecule has 2 heterocycles. The van der Waals surface area contributed by atoms with Gasteiger partial charge in [-0.2, -0.15) is 0 Å². The number of para-hydroxylation sites is 1. The van der Waals surface area contributed by atoms with Crippen LogP contribution in [0.5, 0.6) is 5.75 Å². The number of ether oxygens (including phenoxy) is 2. The van der Waals surface area contributed by atoms with Crippen LogP contribution in [0.3, 0.4) is 0 Å². The Hall–Kier alpha value is -0.710. The number of hydrogen-bond acceptors (Lipinski definition) is 5. The van der Waals surface area contributed by atoms with Crippen LogP contribution in [0.1, 0.15) is 0 Å². The van der Waals surface area contributed by atoms with Gasteiger partial charge in [0.25, 0.3) is 0 Å². The zero-order valence-electron chi connectivity index (χ0n) is 11.6. The largest absolute Gasteiger partial charge is 0.444 e. The third kappa shape index (κ3) is 3.68. The Morgan fingerprint density at radius 3 is 1.80 bits per heavy atom. The summed E-state index contributed by atoms with van der Waals surface area (Å²) >= 11 is 0. The molecule has 0 radical (unpaired) electrons. The highest BCUT2D eigenvalue weighted by atomic mass is 31.2. The van der Waals surface area contributed by atoms with Crippen LogP contribution < -0.4 is 4.52 Å². The van der Waals surface area contributed by atoms with Crippen LogP contribution in [0.2, 0.25) is 0 Å². The van der Waals surface area contributed by atoms with Crippen molar-refractivity contribution in [3.63, 3.8) is 0 Å². The minimum atomic E-state index is -0.767. The highest BCUT2D eigenvalue weighted by Gasteiger charge is 2.31. The number of benzene rings is 1. The molecular formula is C14H21N2O3P. The molecule has 2 aliphatic rings. The number of morpholine rings is 2. The third-order valence-corrected chi connectivity index (χ3v) is 5.53. The van der Waals surface area contributed by atoms with Gasteiger partial charge in [0.1, 0.15) is 5.75 Å². The standard InChI is InChI=1S/C14H21N2O3P/c1-2-4-14(5-3-1)19-20(15-6-10-17-11-7-15)16-8-12-18-13-9-16/h1-5H,6-13H2. The van der Waals surface area contributed by atoms with E-state index in [0.717, 1.165) is 58.4 Å². The van der Waals surface area contributed by atoms with Gasteiger partial charge in [0.2, 0.25) is 8.45 Å². The van der Waals surface area contributed by atoms with Gasteiger partial charge in [0.05, 0.1) is 26.4 Å². The van der Waals surface area contributed by atoms with E-state index in [1.807, 2.05) is 30.3 Å². The molecule has 0 spiro atoms. The average molecular weight is 296 g/mol. The summed E-state index contributed by atoms with van der Waals surface area (Å²) in [5.41, 5.74) is 0. The summed E-state index contributed by atoms with van der Waals surface area (Å²) in [5.74, 6) is 0.941. The van der Waals surface area contributed by atoms with Crippen molar-refractivity contribution in [2.75, 3.05) is 52.6 Å². The van der Waals surface area contributed by atoms with Crippen LogP contribution >= 0.6 is 8.45 Å². The fraction of sp³-hybridized carbons (Fsp3) is 0.571. The monoisotopic (exact) mass is 296 g/mol. The van der Waals surface area contributed by atoms with Crippen molar-refractivity contribution < 1.29 is 14.0 Å². The molecule has 0 aliphatic carbocycles. The van der Waals surface area contributed by atoms with Crippen molar-refractivity contribution in [2.45, 2.75) is 0 Å². The lowest BCUT2D eigenvalue weighted by Crippen LogP contribution is -2.42. The SMILES string of the molecule is c1ccc(OP(N2CCOCC2)N2CCOCC2)cc1. The fourth-order valence-corrected chi connectivity index (χ4v) is 4.23. The maximum Gasteiger partial charge on any atom is 0.248 e. The first-order valence-corrected chi connectivity index (χ1v) is 8.28. The van der Waals surface area contributed by atoms with Crippen LogP contribution in [0.15, 0.2) is 30.3 Å². The average Bonchev–Trinajstić information content (AvgIpc) is 2.55. The fourth-order valence-electron chi connectivity index (χ4n) is 2.32. The van der Waals surface area contributed by atoms with Crippen molar-refractivity contribution in [1.29, 1.82) is 0 Å². The van der Waals surface area contributed by atoms with Gasteiger partial charge in [0.15, 0.2) is 0 Å². The molecule has 0 saturated carbocycles. The van der Waals surface area contributed by atoms with Gasteiger partial charge in [-0.25, -0.2) is 9.34 Å². The Kier molecular flexibility index (Phi) is 5.23. The van der Waals surface area contributed by atoms with Crippen molar-refractivity contribution >= 4 is 8.45 Å². The summed E-state index contributed by atoms with van der Waals surface area (Å²) in [7, 11) is -0.767. The second-order valence-corrected chi connectivity index (χ2v) is 6.61. The van der Waals surface area contributed by atoms with E-state index in [-0.39, 0.29) is 0 Å². The van der Waals surface area contributed by atoms with Crippen molar-refractivity contribution in [1.82, 2.24) is 9.34 Å². The van der Waals surface area contributed by atoms with Crippen molar-refractivity contribution in [2.24, 2.45) is 0 Å². The first-order valence-electron chi connectivity index (χ1n) is 7.12. The van der Waals surface area contributed by atoms with Gasteiger partial charge < -0.3 is 14.0 Å². The van der Waals surface area contributed by atoms with Gasteiger partial charge in [-0.05, 0) is 12.1 Å². The van der Waals surface area contributed by atoms with Gasteiger partial charge in [0, 0.05) is 26.2 Å². The summed E-state index contributed by atoms with van der Waals surface area (Å²) in [6.07, 6.45) is 0. The molecule has 2 aliphatic heterocycles. The summed E-state index contributed by atoms with van der Waals surface area (Å²) in [6, 6.07) is 10.1. The second-order valence-electron chi connectivity index (χ2n) is 4.79. The van der Waals surface area contributed by atoms with Crippen LogP contribution in [-0.4, -0.2) is 61.9 Å². The number of hydrogen-bond donors (Lipinski definition) is 0. The highest BCUT2D eigenvalue weighted by Crippen LogP contribution is 2.46. The van der Waals surface area contributed by atoms with E-state index in [1.54, 1.807) is 0 Å². The maximum absolute atomic E-state index is 6.30. The molecule has 20 heavy (non-hydrogen) atoms. The lowest BCUT2D eigenvalue weighted by atomic mass is 10.3. The van der Waals surface area contributed by atoms with E-state index in [2.05, 4.69) is 9.34 Å². The van der Waals surface area contributed by atoms with Crippen LogP contribution in [-0.2, 0) is 9.47 Å². The van der Waals surface area contributed by atoms with E-state index in [1.165, 1.54) is 0 Å². The van der Waals surface area contributed by atoms with E-state index >= 15 is 0 Å². The Morgan fingerprint density at radius 1 is 0.800 bits per heavy atom. The Labute approximate surface area is 121 Å². The molecule has 0 amide bonds. The molecule has 2 fully saturated rings. The number of nitrogens with zero attached hydrogens (tertiary/aromatic N) is 2. The molecule has 1 aromatic carbocycles. The summed E-state index contributed by atoms with van der Waals surface area (Å²) in [4.78, 5) is 0. The Bertz CT molecular complexity index is 377. The van der Waals surface area contributed by atoms with Gasteiger partial charge >= 0.3 is 0 Å². The molecule has 110 valence electrons. The summed E-state index contributed by atoms with van der Waals surface area (Å²) in [6.45, 7) is 6.93. The zero-order valence-corrected chi connectivity index (χ0v) is 12.5. The van der Waals surface area contributed by atoms with E-state index in [0.29, 0.717) is 0 Å².